The number of allylic oxidation sites excluding steroid dienone is 2. The maximum atomic E-state index is 11.6. The van der Waals surface area contributed by atoms with Crippen LogP contribution in [-0.4, -0.2) is 22.8 Å². The first-order chi connectivity index (χ1) is 20.2. The molecule has 0 saturated heterocycles. The largest absolute Gasteiger partial charge is 0.507 e. The van der Waals surface area contributed by atoms with E-state index in [1.54, 1.807) is 38.1 Å². The van der Waals surface area contributed by atoms with Crippen LogP contribution in [0.4, 0.5) is 0 Å². The summed E-state index contributed by atoms with van der Waals surface area (Å²) < 4.78 is 12.2. The fraction of sp³-hybridized carbons (Fsp3) is 0.167. The van der Waals surface area contributed by atoms with Gasteiger partial charge in [0.1, 0.15) is 29.1 Å². The fourth-order valence-electron chi connectivity index (χ4n) is 4.76. The number of carbonyl (C=O) groups is 2. The van der Waals surface area contributed by atoms with Gasteiger partial charge in [-0.05, 0) is 118 Å². The van der Waals surface area contributed by atoms with E-state index in [1.807, 2.05) is 68.5 Å². The molecule has 42 heavy (non-hydrogen) atoms. The first-order valence-electron chi connectivity index (χ1n) is 13.8. The molecule has 4 aromatic carbocycles. The van der Waals surface area contributed by atoms with E-state index in [1.165, 1.54) is 0 Å². The molecule has 2 atom stereocenters. The van der Waals surface area contributed by atoms with Crippen LogP contribution in [0.5, 0.6) is 23.0 Å². The van der Waals surface area contributed by atoms with E-state index in [-0.39, 0.29) is 17.7 Å². The number of rotatable bonds is 9. The smallest absolute Gasteiger partial charge is 0.167 e. The number of carbonyl (C=O) groups excluding carboxylic acids is 2. The highest BCUT2D eigenvalue weighted by atomic mass is 32.2. The van der Waals surface area contributed by atoms with E-state index < -0.39 is 10.9 Å². The van der Waals surface area contributed by atoms with Crippen LogP contribution in [0.3, 0.4) is 0 Å². The lowest BCUT2D eigenvalue weighted by Crippen LogP contribution is -2.16. The number of phenols is 1. The van der Waals surface area contributed by atoms with Crippen molar-refractivity contribution in [1.29, 1.82) is 0 Å². The summed E-state index contributed by atoms with van der Waals surface area (Å²) in [5.74, 6) is 2.50. The zero-order chi connectivity index (χ0) is 29.8. The van der Waals surface area contributed by atoms with Crippen molar-refractivity contribution < 1.29 is 24.2 Å². The summed E-state index contributed by atoms with van der Waals surface area (Å²) in [6.45, 7) is 6.95. The summed E-state index contributed by atoms with van der Waals surface area (Å²) in [6.07, 6.45) is 6.21. The van der Waals surface area contributed by atoms with Crippen molar-refractivity contribution in [1.82, 2.24) is 0 Å². The van der Waals surface area contributed by atoms with Crippen LogP contribution in [0, 0.1) is 13.8 Å². The third-order valence-corrected chi connectivity index (χ3v) is 9.26. The molecule has 2 unspecified atom stereocenters. The summed E-state index contributed by atoms with van der Waals surface area (Å²) in [6, 6.07) is 27.4. The fourth-order valence-corrected chi connectivity index (χ4v) is 6.98. The SMILES string of the molecule is CC(=O)C1=CCC(Oc2ccc([S+](c3ccc(Oc4ccc(C(C)=O)cc4)cc3)c3cc(C)c(O)c(C)c3)cc2)C=C1. The molecule has 0 amide bonds. The minimum atomic E-state index is -0.452. The monoisotopic (exact) mass is 577 g/mol. The van der Waals surface area contributed by atoms with Crippen molar-refractivity contribution in [2.45, 2.75) is 54.9 Å². The lowest BCUT2D eigenvalue weighted by Gasteiger charge is -2.18. The number of Topliss-reactive ketones (excluding diaryl/α,β-unsaturated/α-hetero) is 2. The predicted octanol–water partition coefficient (Wildman–Crippen LogP) is 8.32. The Hall–Kier alpha value is -4.55. The average Bonchev–Trinajstić information content (AvgIpc) is 2.98. The van der Waals surface area contributed by atoms with Gasteiger partial charge in [-0.1, -0.05) is 12.2 Å². The second kappa shape index (κ2) is 12.5. The lowest BCUT2D eigenvalue weighted by atomic mass is 10.0. The van der Waals surface area contributed by atoms with E-state index in [0.717, 1.165) is 37.1 Å². The molecule has 0 spiro atoms. The summed E-state index contributed by atoms with van der Waals surface area (Å²) in [5.41, 5.74) is 3.03. The Labute approximate surface area is 249 Å². The molecule has 212 valence electrons. The number of ketones is 2. The molecule has 5 rings (SSSR count). The third kappa shape index (κ3) is 6.67. The molecule has 0 saturated carbocycles. The Morgan fingerprint density at radius 2 is 1.26 bits per heavy atom. The Kier molecular flexibility index (Phi) is 8.64. The second-order valence-electron chi connectivity index (χ2n) is 10.3. The highest BCUT2D eigenvalue weighted by Crippen LogP contribution is 2.37. The molecule has 0 aliphatic heterocycles. The number of ether oxygens (including phenoxy) is 2. The Morgan fingerprint density at radius 1 is 0.738 bits per heavy atom. The molecule has 1 aliphatic carbocycles. The topological polar surface area (TPSA) is 72.8 Å². The van der Waals surface area contributed by atoms with Crippen molar-refractivity contribution in [3.8, 4) is 23.0 Å². The molecule has 5 nitrogen and oxygen atoms in total. The van der Waals surface area contributed by atoms with Crippen LogP contribution < -0.4 is 9.47 Å². The third-order valence-electron chi connectivity index (χ3n) is 7.07. The maximum Gasteiger partial charge on any atom is 0.167 e. The molecule has 1 aliphatic rings. The van der Waals surface area contributed by atoms with Crippen molar-refractivity contribution in [2.75, 3.05) is 0 Å². The molecule has 1 N–H and O–H groups in total. The minimum Gasteiger partial charge on any atom is -0.507 e. The molecular weight excluding hydrogens is 544 g/mol. The van der Waals surface area contributed by atoms with Crippen LogP contribution in [0.1, 0.15) is 41.8 Å². The molecule has 0 aromatic heterocycles. The van der Waals surface area contributed by atoms with Crippen LogP contribution in [0.15, 0.2) is 123 Å². The number of aryl methyl sites for hydroxylation is 2. The Balaban J connectivity index is 1.40. The molecule has 0 heterocycles. The predicted molar refractivity (Wildman–Crippen MR) is 166 cm³/mol. The summed E-state index contributed by atoms with van der Waals surface area (Å²) in [5, 5.41) is 10.4. The van der Waals surface area contributed by atoms with Gasteiger partial charge < -0.3 is 14.6 Å². The van der Waals surface area contributed by atoms with Gasteiger partial charge in [-0.25, -0.2) is 0 Å². The molecule has 0 bridgehead atoms. The molecular formula is C36H33O5S+. The number of benzene rings is 4. The quantitative estimate of drug-likeness (QED) is 0.160. The van der Waals surface area contributed by atoms with Crippen molar-refractivity contribution in [3.63, 3.8) is 0 Å². The zero-order valence-electron chi connectivity index (χ0n) is 24.1. The van der Waals surface area contributed by atoms with Gasteiger partial charge in [-0.2, -0.15) is 0 Å². The van der Waals surface area contributed by atoms with Crippen molar-refractivity contribution in [2.24, 2.45) is 0 Å². The van der Waals surface area contributed by atoms with Gasteiger partial charge in [-0.15, -0.1) is 0 Å². The maximum absolute atomic E-state index is 11.6. The number of hydrogen-bond donors (Lipinski definition) is 1. The van der Waals surface area contributed by atoms with Gasteiger partial charge in [0, 0.05) is 29.7 Å². The highest BCUT2D eigenvalue weighted by molar-refractivity contribution is 7.97. The van der Waals surface area contributed by atoms with E-state index in [0.29, 0.717) is 29.2 Å². The summed E-state index contributed by atoms with van der Waals surface area (Å²) >= 11 is 0. The van der Waals surface area contributed by atoms with Gasteiger partial charge in [0.05, 0.1) is 10.9 Å². The van der Waals surface area contributed by atoms with Gasteiger partial charge in [0.15, 0.2) is 26.3 Å². The standard InChI is InChI=1S/C36H32O5S/c1-23-21-35(22-24(2)36(23)39)42(33-17-13-31(14-18-33)40-29-9-5-27(6-10-29)25(3)37)34-19-15-32(16-20-34)41-30-11-7-28(8-12-30)26(4)38/h5-11,13-22,30H,12H2,1-4H3/p+1. The van der Waals surface area contributed by atoms with Crippen LogP contribution in [-0.2, 0) is 15.7 Å². The van der Waals surface area contributed by atoms with E-state index in [9.17, 15) is 14.7 Å². The minimum absolute atomic E-state index is 0.0171. The van der Waals surface area contributed by atoms with E-state index in [2.05, 4.69) is 24.3 Å². The first kappa shape index (κ1) is 29.0. The van der Waals surface area contributed by atoms with E-state index in [4.69, 9.17) is 9.47 Å². The zero-order valence-corrected chi connectivity index (χ0v) is 24.9. The molecule has 6 heteroatoms. The van der Waals surface area contributed by atoms with Gasteiger partial charge in [0.25, 0.3) is 0 Å². The van der Waals surface area contributed by atoms with Gasteiger partial charge in [-0.3, -0.25) is 9.59 Å². The highest BCUT2D eigenvalue weighted by Gasteiger charge is 2.30. The molecule has 4 aromatic rings. The second-order valence-corrected chi connectivity index (χ2v) is 12.3. The van der Waals surface area contributed by atoms with Gasteiger partial charge in [0.2, 0.25) is 0 Å². The first-order valence-corrected chi connectivity index (χ1v) is 15.0. The average molecular weight is 578 g/mol. The van der Waals surface area contributed by atoms with Crippen LogP contribution >= 0.6 is 0 Å². The lowest BCUT2D eigenvalue weighted by molar-refractivity contribution is -0.113. The Morgan fingerprint density at radius 3 is 1.74 bits per heavy atom. The number of aromatic hydroxyl groups is 1. The Bertz CT molecular complexity index is 1640. The number of hydrogen-bond acceptors (Lipinski definition) is 5. The van der Waals surface area contributed by atoms with Crippen LogP contribution in [0.25, 0.3) is 0 Å². The van der Waals surface area contributed by atoms with Crippen LogP contribution in [0.2, 0.25) is 0 Å². The number of phenolic OH excluding ortho intramolecular Hbond substituents is 1. The van der Waals surface area contributed by atoms with Crippen molar-refractivity contribution >= 4 is 22.5 Å². The molecule has 0 radical (unpaired) electrons. The summed E-state index contributed by atoms with van der Waals surface area (Å²) in [7, 11) is -0.452. The van der Waals surface area contributed by atoms with Crippen molar-refractivity contribution in [3.05, 3.63) is 125 Å². The normalized spacial score (nSPS) is 15.0. The van der Waals surface area contributed by atoms with Gasteiger partial charge >= 0.3 is 0 Å². The molecule has 0 fully saturated rings. The summed E-state index contributed by atoms with van der Waals surface area (Å²) in [4.78, 5) is 26.5. The van der Waals surface area contributed by atoms with E-state index >= 15 is 0 Å².